The number of hydrogen-bond donors (Lipinski definition) is 2. The van der Waals surface area contributed by atoms with Crippen LogP contribution >= 0.6 is 0 Å². The molecule has 2 saturated heterocycles. The van der Waals surface area contributed by atoms with Crippen molar-refractivity contribution < 1.29 is 55.6 Å². The summed E-state index contributed by atoms with van der Waals surface area (Å²) in [5.41, 5.74) is 2.06. The second-order valence-corrected chi connectivity index (χ2v) is 9.05. The number of fused-ring (bicyclic) bond motifs is 1. The third kappa shape index (κ3) is 9.53. The molecule has 16 heteroatoms. The van der Waals surface area contributed by atoms with Gasteiger partial charge in [0, 0.05) is 50.3 Å². The fourth-order valence-corrected chi connectivity index (χ4v) is 4.13. The molecule has 10 nitrogen and oxygen atoms in total. The van der Waals surface area contributed by atoms with Gasteiger partial charge in [0.2, 0.25) is 5.88 Å². The van der Waals surface area contributed by atoms with Crippen LogP contribution in [0.5, 0.6) is 5.88 Å². The maximum absolute atomic E-state index is 10.6. The zero-order chi connectivity index (χ0) is 30.3. The van der Waals surface area contributed by atoms with Crippen molar-refractivity contribution in [2.75, 3.05) is 19.7 Å². The molecule has 0 bridgehead atoms. The van der Waals surface area contributed by atoms with Gasteiger partial charge in [-0.05, 0) is 12.1 Å². The molecule has 0 amide bonds. The van der Waals surface area contributed by atoms with Crippen molar-refractivity contribution in [3.63, 3.8) is 0 Å². The Labute approximate surface area is 228 Å². The molecule has 1 spiro atoms. The summed E-state index contributed by atoms with van der Waals surface area (Å²) in [6.07, 6.45) is -3.26. The van der Waals surface area contributed by atoms with E-state index >= 15 is 0 Å². The normalized spacial score (nSPS) is 18.2. The summed E-state index contributed by atoms with van der Waals surface area (Å²) >= 11 is 0. The van der Waals surface area contributed by atoms with E-state index in [4.69, 9.17) is 34.3 Å². The van der Waals surface area contributed by atoms with Gasteiger partial charge in [0.25, 0.3) is 0 Å². The molecule has 2 aliphatic rings. The number of pyridine rings is 1. The van der Waals surface area contributed by atoms with Gasteiger partial charge in [-0.2, -0.15) is 26.3 Å². The van der Waals surface area contributed by atoms with Crippen LogP contribution in [0.3, 0.4) is 0 Å². The Morgan fingerprint density at radius 2 is 1.63 bits per heavy atom. The van der Waals surface area contributed by atoms with E-state index in [0.717, 1.165) is 50.3 Å². The summed E-state index contributed by atoms with van der Waals surface area (Å²) < 4.78 is 75.6. The first-order valence-electron chi connectivity index (χ1n) is 11.9. The smallest absolute Gasteiger partial charge is 0.475 e. The van der Waals surface area contributed by atoms with Crippen molar-refractivity contribution in [2.24, 2.45) is 0 Å². The number of benzene rings is 1. The third-order valence-electron chi connectivity index (χ3n) is 5.82. The van der Waals surface area contributed by atoms with Gasteiger partial charge >= 0.3 is 24.3 Å². The lowest BCUT2D eigenvalue weighted by Gasteiger charge is -2.52. The first kappa shape index (κ1) is 31.5. The first-order valence-corrected chi connectivity index (χ1v) is 11.9. The monoisotopic (exact) mass is 590 g/mol. The van der Waals surface area contributed by atoms with Crippen LogP contribution in [0, 0.1) is 0 Å². The highest BCUT2D eigenvalue weighted by Gasteiger charge is 2.48. The SMILES string of the molecule is O=C(O)C(F)(F)F.O=C(O)C(F)(F)F.c1ccc2nc(CN3CC4(CC(Oc5cnccn5)CCO4)C3)ccc2c1. The Hall–Kier alpha value is -4.05. The highest BCUT2D eigenvalue weighted by atomic mass is 19.4. The molecule has 2 aromatic heterocycles. The Morgan fingerprint density at radius 3 is 2.22 bits per heavy atom. The lowest BCUT2D eigenvalue weighted by atomic mass is 9.84. The topological polar surface area (TPSA) is 135 Å². The molecule has 0 saturated carbocycles. The molecule has 2 fully saturated rings. The van der Waals surface area contributed by atoms with Crippen LogP contribution in [0.15, 0.2) is 55.0 Å². The average molecular weight is 590 g/mol. The molecule has 5 rings (SSSR count). The van der Waals surface area contributed by atoms with E-state index in [0.29, 0.717) is 5.88 Å². The molecule has 1 unspecified atom stereocenters. The molecular formula is C25H24F6N4O6. The molecule has 0 radical (unpaired) electrons. The number of para-hydroxylation sites is 1. The Kier molecular flexibility index (Phi) is 10.0. The van der Waals surface area contributed by atoms with Crippen LogP contribution in [0.2, 0.25) is 0 Å². The number of hydrogen-bond acceptors (Lipinski definition) is 8. The van der Waals surface area contributed by atoms with Crippen molar-refractivity contribution in [1.82, 2.24) is 19.9 Å². The van der Waals surface area contributed by atoms with Gasteiger partial charge in [-0.25, -0.2) is 14.6 Å². The maximum Gasteiger partial charge on any atom is 0.490 e. The number of likely N-dealkylation sites (tertiary alicyclic amines) is 1. The lowest BCUT2D eigenvalue weighted by Crippen LogP contribution is -2.65. The Bertz CT molecular complexity index is 1300. The quantitative estimate of drug-likeness (QED) is 0.428. The van der Waals surface area contributed by atoms with E-state index in [1.807, 2.05) is 12.1 Å². The van der Waals surface area contributed by atoms with Gasteiger partial charge < -0.3 is 19.7 Å². The molecule has 1 atom stereocenters. The van der Waals surface area contributed by atoms with Crippen molar-refractivity contribution in [3.8, 4) is 5.88 Å². The fourth-order valence-electron chi connectivity index (χ4n) is 4.13. The number of rotatable bonds is 4. The molecule has 222 valence electrons. The Morgan fingerprint density at radius 1 is 1.00 bits per heavy atom. The predicted molar refractivity (Wildman–Crippen MR) is 129 cm³/mol. The molecule has 2 N–H and O–H groups in total. The zero-order valence-corrected chi connectivity index (χ0v) is 21.1. The summed E-state index contributed by atoms with van der Waals surface area (Å²) in [7, 11) is 0. The van der Waals surface area contributed by atoms with E-state index in [1.165, 1.54) is 5.39 Å². The number of nitrogens with zero attached hydrogens (tertiary/aromatic N) is 4. The van der Waals surface area contributed by atoms with Gasteiger partial charge in [-0.15, -0.1) is 0 Å². The summed E-state index contributed by atoms with van der Waals surface area (Å²) in [6.45, 7) is 3.42. The zero-order valence-electron chi connectivity index (χ0n) is 21.1. The fraction of sp³-hybridized carbons (Fsp3) is 0.400. The van der Waals surface area contributed by atoms with E-state index < -0.39 is 24.3 Å². The number of carboxylic acid groups (broad SMARTS) is 2. The Balaban J connectivity index is 0.000000276. The molecule has 3 aromatic rings. The van der Waals surface area contributed by atoms with Gasteiger partial charge in [-0.1, -0.05) is 24.3 Å². The van der Waals surface area contributed by atoms with E-state index in [9.17, 15) is 26.3 Å². The third-order valence-corrected chi connectivity index (χ3v) is 5.82. The number of ether oxygens (including phenoxy) is 2. The van der Waals surface area contributed by atoms with Crippen LogP contribution < -0.4 is 4.74 Å². The minimum absolute atomic E-state index is 0.0953. The molecule has 41 heavy (non-hydrogen) atoms. The average Bonchev–Trinajstić information content (AvgIpc) is 2.88. The van der Waals surface area contributed by atoms with Crippen molar-refractivity contribution in [1.29, 1.82) is 0 Å². The number of aliphatic carboxylic acids is 2. The van der Waals surface area contributed by atoms with E-state index in [2.05, 4.69) is 39.1 Å². The number of alkyl halides is 6. The first-order chi connectivity index (χ1) is 19.2. The van der Waals surface area contributed by atoms with Crippen LogP contribution in [0.1, 0.15) is 18.5 Å². The molecule has 1 aromatic carbocycles. The van der Waals surface area contributed by atoms with E-state index in [-0.39, 0.29) is 11.7 Å². The van der Waals surface area contributed by atoms with Crippen LogP contribution in [0.4, 0.5) is 26.3 Å². The summed E-state index contributed by atoms with van der Waals surface area (Å²) in [6, 6.07) is 12.5. The molecule has 0 aliphatic carbocycles. The molecule has 4 heterocycles. The number of carboxylic acids is 2. The van der Waals surface area contributed by atoms with Crippen LogP contribution in [-0.4, -0.2) is 85.8 Å². The van der Waals surface area contributed by atoms with Gasteiger partial charge in [-0.3, -0.25) is 14.9 Å². The summed E-state index contributed by atoms with van der Waals surface area (Å²) in [4.78, 5) is 33.2. The largest absolute Gasteiger partial charge is 0.490 e. The number of aromatic nitrogens is 3. The minimum atomic E-state index is -5.08. The van der Waals surface area contributed by atoms with Crippen LogP contribution in [0.25, 0.3) is 10.9 Å². The maximum atomic E-state index is 10.6. The highest BCUT2D eigenvalue weighted by Crippen LogP contribution is 2.36. The lowest BCUT2D eigenvalue weighted by molar-refractivity contribution is -0.193. The van der Waals surface area contributed by atoms with Crippen molar-refractivity contribution in [3.05, 3.63) is 60.7 Å². The summed E-state index contributed by atoms with van der Waals surface area (Å²) in [5, 5.41) is 15.4. The van der Waals surface area contributed by atoms with Crippen LogP contribution in [-0.2, 0) is 20.9 Å². The number of carbonyl (C=O) groups is 2. The van der Waals surface area contributed by atoms with E-state index in [1.54, 1.807) is 18.6 Å². The van der Waals surface area contributed by atoms with Gasteiger partial charge in [0.05, 0.1) is 29.6 Å². The minimum Gasteiger partial charge on any atom is -0.475 e. The van der Waals surface area contributed by atoms with Gasteiger partial charge in [0.1, 0.15) is 6.10 Å². The van der Waals surface area contributed by atoms with Gasteiger partial charge in [0.15, 0.2) is 0 Å². The molecule has 2 aliphatic heterocycles. The predicted octanol–water partition coefficient (Wildman–Crippen LogP) is 4.10. The van der Waals surface area contributed by atoms with Crippen molar-refractivity contribution in [2.45, 2.75) is 43.4 Å². The second kappa shape index (κ2) is 13.1. The molecular weight excluding hydrogens is 566 g/mol. The standard InChI is InChI=1S/C21H22N4O2.2C2HF3O2/c1-2-4-19-16(3-1)5-6-17(24-19)13-25-14-21(15-25)11-18(7-10-26-21)27-20-12-22-8-9-23-20;2*3-2(4,5)1(6)7/h1-6,8-9,12,18H,7,10-11,13-15H2;2*(H,6,7). The van der Waals surface area contributed by atoms with Crippen molar-refractivity contribution >= 4 is 22.8 Å². The highest BCUT2D eigenvalue weighted by molar-refractivity contribution is 5.78. The second-order valence-electron chi connectivity index (χ2n) is 9.05. The summed E-state index contributed by atoms with van der Waals surface area (Å²) in [5.74, 6) is -4.92. The number of halogens is 6.